The predicted octanol–water partition coefficient (Wildman–Crippen LogP) is 10.1. The average Bonchev–Trinajstić information content (AvgIpc) is 3.68. The van der Waals surface area contributed by atoms with Gasteiger partial charge in [0.05, 0.1) is 6.20 Å². The summed E-state index contributed by atoms with van der Waals surface area (Å²) in [5.41, 5.74) is 7.48. The van der Waals surface area contributed by atoms with Crippen molar-refractivity contribution >= 4 is 21.8 Å². The molecule has 4 aromatic carbocycles. The van der Waals surface area contributed by atoms with Gasteiger partial charge in [-0.2, -0.15) is 17.2 Å². The van der Waals surface area contributed by atoms with Crippen LogP contribution in [0.4, 0.5) is 8.78 Å². The van der Waals surface area contributed by atoms with Crippen LogP contribution in [-0.2, 0) is 34.4 Å². The minimum atomic E-state index is -0.686. The van der Waals surface area contributed by atoms with Gasteiger partial charge >= 0.3 is 21.1 Å². The third-order valence-electron chi connectivity index (χ3n) is 8.57. The van der Waals surface area contributed by atoms with E-state index in [1.807, 2.05) is 74.6 Å². The van der Waals surface area contributed by atoms with Gasteiger partial charge in [0.1, 0.15) is 19.2 Å². The summed E-state index contributed by atoms with van der Waals surface area (Å²) in [6.45, 7) is 6.66. The van der Waals surface area contributed by atoms with Gasteiger partial charge < -0.3 is 9.30 Å². The number of ether oxygens (including phenoxy) is 1. The minimum absolute atomic E-state index is 0. The van der Waals surface area contributed by atoms with Gasteiger partial charge in [-0.15, -0.1) is 35.7 Å². The van der Waals surface area contributed by atoms with Crippen molar-refractivity contribution < 1.29 is 34.6 Å². The molecule has 0 radical (unpaired) electrons. The van der Waals surface area contributed by atoms with Crippen molar-refractivity contribution in [3.63, 3.8) is 0 Å². The fraction of sp³-hybridized carbons (Fsp3) is 0.179. The number of pyridine rings is 1. The van der Waals surface area contributed by atoms with Crippen molar-refractivity contribution in [1.82, 2.24) is 19.3 Å². The van der Waals surface area contributed by atoms with Crippen LogP contribution in [0.25, 0.3) is 44.4 Å². The Morgan fingerprint density at radius 3 is 2.32 bits per heavy atom. The van der Waals surface area contributed by atoms with Crippen LogP contribution in [0, 0.1) is 26.0 Å². The van der Waals surface area contributed by atoms with Crippen molar-refractivity contribution in [2.75, 3.05) is 0 Å². The molecule has 0 N–H and O–H groups in total. The Kier molecular flexibility index (Phi) is 9.11. The summed E-state index contributed by atoms with van der Waals surface area (Å²) in [7, 11) is 0. The molecule has 7 rings (SSSR count). The summed E-state index contributed by atoms with van der Waals surface area (Å²) < 4.78 is 38.3. The van der Waals surface area contributed by atoms with Crippen molar-refractivity contribution in [2.24, 2.45) is 0 Å². The number of nitrogens with zero attached hydrogens (tertiary/aromatic N) is 4. The first-order valence-corrected chi connectivity index (χ1v) is 15.3. The number of alkyl halides is 2. The van der Waals surface area contributed by atoms with Gasteiger partial charge in [0.25, 0.3) is 0 Å². The third kappa shape index (κ3) is 5.89. The Hall–Kier alpha value is -4.61. The first-order chi connectivity index (χ1) is 22.4. The molecule has 0 saturated heterocycles. The van der Waals surface area contributed by atoms with Crippen LogP contribution in [0.15, 0.2) is 91.4 Å². The molecule has 0 aliphatic carbocycles. The summed E-state index contributed by atoms with van der Waals surface area (Å²) in [5.74, 6) is 2.20. The SMILES string of the molecule is Cc1cc(C)c(CF)c(-c2cnn(-c3[c-]c(Oc4[c-]c5c(cc4)c4ccccc4n5-c4cc(C(C)C)ccn4)ccc3)c2)c1CF.[Pt+2]. The van der Waals surface area contributed by atoms with E-state index >= 15 is 0 Å². The number of hydrogen-bond acceptors (Lipinski definition) is 3. The first-order valence-electron chi connectivity index (χ1n) is 15.3. The van der Waals surface area contributed by atoms with E-state index in [4.69, 9.17) is 9.72 Å². The summed E-state index contributed by atoms with van der Waals surface area (Å²) in [6.07, 6.45) is 5.26. The van der Waals surface area contributed by atoms with E-state index in [1.54, 1.807) is 17.1 Å². The Bertz CT molecular complexity index is 2210. The smallest absolute Gasteiger partial charge is 0.509 e. The molecule has 8 heteroatoms. The molecule has 0 bridgehead atoms. The van der Waals surface area contributed by atoms with E-state index in [-0.39, 0.29) is 21.1 Å². The first kappa shape index (κ1) is 32.3. The molecule has 47 heavy (non-hydrogen) atoms. The average molecular weight is 806 g/mol. The van der Waals surface area contributed by atoms with Crippen LogP contribution in [-0.4, -0.2) is 19.3 Å². The zero-order chi connectivity index (χ0) is 31.9. The summed E-state index contributed by atoms with van der Waals surface area (Å²) in [4.78, 5) is 4.72. The zero-order valence-electron chi connectivity index (χ0n) is 26.4. The normalized spacial score (nSPS) is 11.4. The molecule has 3 heterocycles. The van der Waals surface area contributed by atoms with Crippen molar-refractivity contribution in [3.8, 4) is 34.1 Å². The van der Waals surface area contributed by atoms with E-state index in [9.17, 15) is 8.78 Å². The standard InChI is InChI=1S/C39H32F2N4O.Pt/c1-24(2)27-14-15-42-38(17-27)45-36-11-6-5-10-32(36)33-13-12-31(19-37(33)45)46-30-9-7-8-29(18-30)44-23-28(22-43-44)39-34(20-40)25(3)16-26(4)35(39)21-41;/h5-17,22-24H,20-21H2,1-4H3;/q-2;+2. The maximum atomic E-state index is 14.1. The largest absolute Gasteiger partial charge is 2.00 e. The Morgan fingerprint density at radius 2 is 1.57 bits per heavy atom. The maximum Gasteiger partial charge on any atom is 2.00 e. The van der Waals surface area contributed by atoms with Crippen LogP contribution in [0.3, 0.4) is 0 Å². The fourth-order valence-electron chi connectivity index (χ4n) is 6.19. The number of benzene rings is 4. The number of aryl methyl sites for hydroxylation is 2. The quantitative estimate of drug-likeness (QED) is 0.144. The van der Waals surface area contributed by atoms with Gasteiger partial charge in [-0.05, 0) is 82.4 Å². The van der Waals surface area contributed by atoms with Gasteiger partial charge in [0.15, 0.2) is 0 Å². The second-order valence-electron chi connectivity index (χ2n) is 11.8. The fourth-order valence-corrected chi connectivity index (χ4v) is 6.19. The van der Waals surface area contributed by atoms with Gasteiger partial charge in [-0.3, -0.25) is 4.68 Å². The molecule has 0 saturated carbocycles. The van der Waals surface area contributed by atoms with Crippen LogP contribution in [0.5, 0.6) is 11.5 Å². The second-order valence-corrected chi connectivity index (χ2v) is 11.8. The molecule has 0 aliphatic rings. The van der Waals surface area contributed by atoms with Crippen LogP contribution >= 0.6 is 0 Å². The molecule has 0 aliphatic heterocycles. The Balaban J connectivity index is 0.00000386. The molecule has 0 fully saturated rings. The third-order valence-corrected chi connectivity index (χ3v) is 8.57. The maximum absolute atomic E-state index is 14.1. The predicted molar refractivity (Wildman–Crippen MR) is 179 cm³/mol. The monoisotopic (exact) mass is 805 g/mol. The Labute approximate surface area is 287 Å². The molecule has 0 unspecified atom stereocenters. The van der Waals surface area contributed by atoms with E-state index in [0.717, 1.165) is 38.8 Å². The number of hydrogen-bond donors (Lipinski definition) is 0. The molecular weight excluding hydrogens is 774 g/mol. The van der Waals surface area contributed by atoms with Crippen molar-refractivity contribution in [3.05, 3.63) is 131 Å². The number of para-hydroxylation sites is 1. The molecule has 3 aromatic heterocycles. The number of halogens is 2. The van der Waals surface area contributed by atoms with Crippen molar-refractivity contribution in [2.45, 2.75) is 47.0 Å². The van der Waals surface area contributed by atoms with Gasteiger partial charge in [-0.25, -0.2) is 13.8 Å². The van der Waals surface area contributed by atoms with Crippen LogP contribution in [0.2, 0.25) is 0 Å². The molecule has 5 nitrogen and oxygen atoms in total. The molecule has 0 spiro atoms. The van der Waals surface area contributed by atoms with Crippen molar-refractivity contribution in [1.29, 1.82) is 0 Å². The van der Waals surface area contributed by atoms with E-state index in [0.29, 0.717) is 45.4 Å². The van der Waals surface area contributed by atoms with Crippen LogP contribution < -0.4 is 4.74 Å². The summed E-state index contributed by atoms with van der Waals surface area (Å²) in [5, 5.41) is 6.67. The Morgan fingerprint density at radius 1 is 0.830 bits per heavy atom. The van der Waals surface area contributed by atoms with E-state index < -0.39 is 13.3 Å². The van der Waals surface area contributed by atoms with Gasteiger partial charge in [0, 0.05) is 35.0 Å². The topological polar surface area (TPSA) is 44.9 Å². The summed E-state index contributed by atoms with van der Waals surface area (Å²) >= 11 is 0. The number of fused-ring (bicyclic) bond motifs is 3. The molecule has 0 amide bonds. The zero-order valence-corrected chi connectivity index (χ0v) is 28.7. The molecule has 238 valence electrons. The number of rotatable bonds is 8. The molecule has 0 atom stereocenters. The van der Waals surface area contributed by atoms with E-state index in [1.165, 1.54) is 5.56 Å². The second kappa shape index (κ2) is 13.2. The molecular formula is C39H32F2N4OPt. The van der Waals surface area contributed by atoms with Gasteiger partial charge in [-0.1, -0.05) is 43.6 Å². The molecule has 7 aromatic rings. The number of aromatic nitrogens is 4. The summed E-state index contributed by atoms with van der Waals surface area (Å²) in [6, 6.07) is 30.5. The van der Waals surface area contributed by atoms with Crippen LogP contribution in [0.1, 0.15) is 47.6 Å². The van der Waals surface area contributed by atoms with E-state index in [2.05, 4.69) is 53.8 Å². The van der Waals surface area contributed by atoms with Gasteiger partial charge in [0.2, 0.25) is 0 Å². The minimum Gasteiger partial charge on any atom is -0.509 e.